The molecule has 0 saturated carbocycles. The van der Waals surface area contributed by atoms with Crippen molar-refractivity contribution in [2.75, 3.05) is 30.5 Å². The van der Waals surface area contributed by atoms with E-state index in [1.807, 2.05) is 54.6 Å². The number of urea groups is 1. The highest BCUT2D eigenvalue weighted by atomic mass is 16.5. The second kappa shape index (κ2) is 8.60. The summed E-state index contributed by atoms with van der Waals surface area (Å²) in [4.78, 5) is 30.1. The molecule has 168 valence electrons. The Balaban J connectivity index is 1.48. The molecule has 7 nitrogen and oxygen atoms in total. The molecule has 3 aromatic rings. The first-order chi connectivity index (χ1) is 16.1. The number of aliphatic hydroxyl groups excluding tert-OH is 1. The van der Waals surface area contributed by atoms with E-state index in [-0.39, 0.29) is 36.5 Å². The average Bonchev–Trinajstić information content (AvgIpc) is 2.85. The number of likely N-dealkylation sites (tertiary alicyclic amines) is 1. The van der Waals surface area contributed by atoms with Crippen LogP contribution in [0.15, 0.2) is 78.9 Å². The second-order valence-electron chi connectivity index (χ2n) is 8.22. The number of carbonyl (C=O) groups excluding carboxylic acids is 2. The van der Waals surface area contributed by atoms with Crippen LogP contribution in [0.3, 0.4) is 0 Å². The van der Waals surface area contributed by atoms with Crippen LogP contribution in [0.1, 0.15) is 21.8 Å². The third kappa shape index (κ3) is 3.50. The molecule has 7 heteroatoms. The summed E-state index contributed by atoms with van der Waals surface area (Å²) in [6.07, 6.45) is 0. The van der Waals surface area contributed by atoms with Crippen LogP contribution in [0.4, 0.5) is 16.2 Å². The summed E-state index contributed by atoms with van der Waals surface area (Å²) in [7, 11) is 1.56. The van der Waals surface area contributed by atoms with E-state index in [2.05, 4.69) is 5.32 Å². The van der Waals surface area contributed by atoms with Gasteiger partial charge in [0, 0.05) is 23.7 Å². The number of rotatable bonds is 4. The number of hydrogen-bond donors (Lipinski definition) is 2. The van der Waals surface area contributed by atoms with E-state index in [9.17, 15) is 14.7 Å². The number of anilines is 2. The first-order valence-electron chi connectivity index (χ1n) is 10.9. The van der Waals surface area contributed by atoms with E-state index < -0.39 is 0 Å². The van der Waals surface area contributed by atoms with Crippen molar-refractivity contribution in [2.24, 2.45) is 0 Å². The van der Waals surface area contributed by atoms with E-state index in [1.54, 1.807) is 41.2 Å². The number of benzene rings is 3. The SMILES string of the molecule is COc1ccccc1NC(=O)N1C[C@H]2[C@@H](c3ccccc31)[C@H](CO)N2C(=O)c1ccccc1. The molecule has 1 fully saturated rings. The van der Waals surface area contributed by atoms with Crippen LogP contribution in [0, 0.1) is 0 Å². The predicted molar refractivity (Wildman–Crippen MR) is 126 cm³/mol. The minimum Gasteiger partial charge on any atom is -0.495 e. The first kappa shape index (κ1) is 21.0. The fourth-order valence-corrected chi connectivity index (χ4v) is 5.02. The number of hydrogen-bond acceptors (Lipinski definition) is 4. The van der Waals surface area contributed by atoms with Gasteiger partial charge in [-0.2, -0.15) is 0 Å². The third-order valence-corrected chi connectivity index (χ3v) is 6.54. The molecular weight excluding hydrogens is 418 g/mol. The van der Waals surface area contributed by atoms with Crippen molar-refractivity contribution in [3.05, 3.63) is 90.0 Å². The lowest BCUT2D eigenvalue weighted by atomic mass is 9.71. The fraction of sp³-hybridized carbons (Fsp3) is 0.231. The quantitative estimate of drug-likeness (QED) is 0.644. The van der Waals surface area contributed by atoms with Crippen molar-refractivity contribution < 1.29 is 19.4 Å². The zero-order valence-corrected chi connectivity index (χ0v) is 18.2. The number of fused-ring (bicyclic) bond motifs is 3. The molecule has 2 aliphatic rings. The highest BCUT2D eigenvalue weighted by Gasteiger charge is 2.55. The standard InChI is InChI=1S/C26H25N3O4/c1-33-23-14-8-6-12-19(23)27-26(32)28-15-21-24(18-11-5-7-13-20(18)28)22(16-30)29(21)25(31)17-9-3-2-4-10-17/h2-14,21-22,24,30H,15-16H2,1H3,(H,27,32)/t21-,22-,24+/m0/s1. The molecule has 0 aromatic heterocycles. The van der Waals surface area contributed by atoms with Gasteiger partial charge in [-0.15, -0.1) is 0 Å². The molecular formula is C26H25N3O4. The van der Waals surface area contributed by atoms with Gasteiger partial charge in [-0.3, -0.25) is 9.69 Å². The molecule has 5 rings (SSSR count). The van der Waals surface area contributed by atoms with Crippen LogP contribution < -0.4 is 15.0 Å². The number of para-hydroxylation sites is 3. The van der Waals surface area contributed by atoms with Gasteiger partial charge in [0.25, 0.3) is 5.91 Å². The van der Waals surface area contributed by atoms with Crippen molar-refractivity contribution in [3.63, 3.8) is 0 Å². The Morgan fingerprint density at radius 2 is 1.70 bits per heavy atom. The topological polar surface area (TPSA) is 82.1 Å². The molecule has 1 saturated heterocycles. The second-order valence-corrected chi connectivity index (χ2v) is 8.22. The summed E-state index contributed by atoms with van der Waals surface area (Å²) in [6.45, 7) is 0.194. The molecule has 3 aromatic carbocycles. The Bertz CT molecular complexity index is 1180. The van der Waals surface area contributed by atoms with Crippen molar-refractivity contribution in [2.45, 2.75) is 18.0 Å². The summed E-state index contributed by atoms with van der Waals surface area (Å²) < 4.78 is 5.36. The molecule has 0 unspecified atom stereocenters. The van der Waals surface area contributed by atoms with Gasteiger partial charge in [-0.1, -0.05) is 48.5 Å². The summed E-state index contributed by atoms with van der Waals surface area (Å²) in [5.74, 6) is 0.397. The summed E-state index contributed by atoms with van der Waals surface area (Å²) >= 11 is 0. The van der Waals surface area contributed by atoms with E-state index in [0.29, 0.717) is 23.5 Å². The zero-order chi connectivity index (χ0) is 22.9. The highest BCUT2D eigenvalue weighted by Crippen LogP contribution is 2.48. The number of aliphatic hydroxyl groups is 1. The Morgan fingerprint density at radius 1 is 1.00 bits per heavy atom. The average molecular weight is 444 g/mol. The maximum Gasteiger partial charge on any atom is 0.326 e. The van der Waals surface area contributed by atoms with Gasteiger partial charge in [0.2, 0.25) is 0 Å². The van der Waals surface area contributed by atoms with Gasteiger partial charge in [-0.25, -0.2) is 4.79 Å². The van der Waals surface area contributed by atoms with Gasteiger partial charge in [0.15, 0.2) is 0 Å². The van der Waals surface area contributed by atoms with Gasteiger partial charge in [-0.05, 0) is 35.9 Å². The minimum atomic E-state index is -0.330. The smallest absolute Gasteiger partial charge is 0.326 e. The lowest BCUT2D eigenvalue weighted by Gasteiger charge is -2.58. The Kier molecular flexibility index (Phi) is 5.48. The van der Waals surface area contributed by atoms with Gasteiger partial charge >= 0.3 is 6.03 Å². The zero-order valence-electron chi connectivity index (χ0n) is 18.2. The molecule has 3 atom stereocenters. The number of amides is 3. The van der Waals surface area contributed by atoms with Crippen molar-refractivity contribution in [3.8, 4) is 5.75 Å². The van der Waals surface area contributed by atoms with E-state index in [1.165, 1.54) is 0 Å². The highest BCUT2D eigenvalue weighted by molar-refractivity contribution is 6.04. The van der Waals surface area contributed by atoms with Crippen molar-refractivity contribution >= 4 is 23.3 Å². The van der Waals surface area contributed by atoms with Crippen molar-refractivity contribution in [1.82, 2.24) is 4.90 Å². The molecule has 0 bridgehead atoms. The number of methoxy groups -OCH3 is 1. The van der Waals surface area contributed by atoms with Gasteiger partial charge in [0.1, 0.15) is 5.75 Å². The van der Waals surface area contributed by atoms with E-state index in [0.717, 1.165) is 11.3 Å². The molecule has 2 N–H and O–H groups in total. The maximum atomic E-state index is 13.4. The van der Waals surface area contributed by atoms with Gasteiger partial charge < -0.3 is 20.1 Å². The van der Waals surface area contributed by atoms with Crippen molar-refractivity contribution in [1.29, 1.82) is 0 Å². The lowest BCUT2D eigenvalue weighted by molar-refractivity contribution is -0.0241. The molecule has 2 heterocycles. The molecule has 0 radical (unpaired) electrons. The van der Waals surface area contributed by atoms with E-state index in [4.69, 9.17) is 4.74 Å². The monoisotopic (exact) mass is 443 g/mol. The molecule has 0 aliphatic carbocycles. The first-order valence-corrected chi connectivity index (χ1v) is 10.9. The molecule has 33 heavy (non-hydrogen) atoms. The maximum absolute atomic E-state index is 13.4. The largest absolute Gasteiger partial charge is 0.495 e. The number of nitrogens with one attached hydrogen (secondary N) is 1. The summed E-state index contributed by atoms with van der Waals surface area (Å²) in [6, 6.07) is 23.1. The third-order valence-electron chi connectivity index (χ3n) is 6.54. The summed E-state index contributed by atoms with van der Waals surface area (Å²) in [5, 5.41) is 13.1. The molecule has 0 spiro atoms. The number of nitrogens with zero attached hydrogens (tertiary/aromatic N) is 2. The van der Waals surface area contributed by atoms with Crippen LogP contribution >= 0.6 is 0 Å². The van der Waals surface area contributed by atoms with E-state index >= 15 is 0 Å². The van der Waals surface area contributed by atoms with Gasteiger partial charge in [0.05, 0.1) is 31.5 Å². The van der Waals surface area contributed by atoms with Crippen LogP contribution in [-0.2, 0) is 0 Å². The Hall–Kier alpha value is -3.84. The Labute approximate surface area is 192 Å². The Morgan fingerprint density at radius 3 is 2.45 bits per heavy atom. The number of ether oxygens (including phenoxy) is 1. The minimum absolute atomic E-state index is 0.0332. The lowest BCUT2D eigenvalue weighted by Crippen LogP contribution is -2.71. The van der Waals surface area contributed by atoms with Crippen LogP contribution in [0.25, 0.3) is 0 Å². The fourth-order valence-electron chi connectivity index (χ4n) is 5.02. The number of carbonyl (C=O) groups is 2. The van der Waals surface area contributed by atoms with Crippen LogP contribution in [0.2, 0.25) is 0 Å². The normalized spacial score (nSPS) is 20.8. The molecule has 2 aliphatic heterocycles. The summed E-state index contributed by atoms with van der Waals surface area (Å²) in [5.41, 5.74) is 2.89. The predicted octanol–water partition coefficient (Wildman–Crippen LogP) is 3.72. The molecule has 3 amide bonds. The van der Waals surface area contributed by atoms with Crippen LogP contribution in [0.5, 0.6) is 5.75 Å². The van der Waals surface area contributed by atoms with Crippen LogP contribution in [-0.4, -0.2) is 54.3 Å².